The number of carbonyl (C=O) groups is 2. The molecule has 0 aromatic heterocycles. The molecule has 1 amide bonds. The molecule has 1 atom stereocenters. The van der Waals surface area contributed by atoms with Gasteiger partial charge < -0.3 is 19.1 Å². The fourth-order valence-corrected chi connectivity index (χ4v) is 2.70. The lowest BCUT2D eigenvalue weighted by Gasteiger charge is -2.32. The van der Waals surface area contributed by atoms with E-state index in [1.54, 1.807) is 20.8 Å². The summed E-state index contributed by atoms with van der Waals surface area (Å²) in [6.45, 7) is 11.0. The Balaban J connectivity index is 4.92. The van der Waals surface area contributed by atoms with E-state index in [9.17, 15) is 14.2 Å². The molecule has 136 valence electrons. The van der Waals surface area contributed by atoms with Crippen LogP contribution in [0.15, 0.2) is 0 Å². The topological polar surface area (TPSA) is 90.9 Å². The Morgan fingerprint density at radius 1 is 1.04 bits per heavy atom. The van der Waals surface area contributed by atoms with Crippen LogP contribution in [0.2, 0.25) is 0 Å². The molecule has 0 heterocycles. The number of hydrogen-bond donors (Lipinski definition) is 1. The Morgan fingerprint density at radius 2 is 1.52 bits per heavy atom. The highest BCUT2D eigenvalue weighted by Gasteiger charge is 2.33. The average molecular weight is 351 g/mol. The summed E-state index contributed by atoms with van der Waals surface area (Å²) in [7, 11) is -0.939. The van der Waals surface area contributed by atoms with E-state index < -0.39 is 25.3 Å². The Bertz CT molecular complexity index is 456. The van der Waals surface area contributed by atoms with Crippen LogP contribution in [-0.4, -0.2) is 43.9 Å². The van der Waals surface area contributed by atoms with Gasteiger partial charge in [0.2, 0.25) is 0 Å². The molecule has 0 radical (unpaired) electrons. The van der Waals surface area contributed by atoms with E-state index in [-0.39, 0.29) is 23.8 Å². The molecule has 0 fully saturated rings. The summed E-state index contributed by atoms with van der Waals surface area (Å²) < 4.78 is 26.8. The number of amides is 1. The molecule has 0 aromatic rings. The van der Waals surface area contributed by atoms with Crippen molar-refractivity contribution in [1.82, 2.24) is 5.32 Å². The van der Waals surface area contributed by atoms with Gasteiger partial charge in [-0.05, 0) is 26.2 Å². The molecule has 8 heteroatoms. The highest BCUT2D eigenvalue weighted by Crippen LogP contribution is 2.46. The molecular formula is C15H30NO6P. The lowest BCUT2D eigenvalue weighted by atomic mass is 9.84. The van der Waals surface area contributed by atoms with Gasteiger partial charge in [-0.1, -0.05) is 20.8 Å². The van der Waals surface area contributed by atoms with Gasteiger partial charge in [0.1, 0.15) is 17.5 Å². The first-order chi connectivity index (χ1) is 10.2. The van der Waals surface area contributed by atoms with Gasteiger partial charge in [0.25, 0.3) is 0 Å². The minimum atomic E-state index is -3.41. The summed E-state index contributed by atoms with van der Waals surface area (Å²) in [5.41, 5.74) is -1.00. The molecule has 0 rings (SSSR count). The van der Waals surface area contributed by atoms with Crippen LogP contribution in [-0.2, 0) is 23.1 Å². The first-order valence-corrected chi connectivity index (χ1v) is 9.17. The molecule has 0 unspecified atom stereocenters. The van der Waals surface area contributed by atoms with Gasteiger partial charge in [0.15, 0.2) is 0 Å². The van der Waals surface area contributed by atoms with Gasteiger partial charge in [0.05, 0.1) is 0 Å². The quantitative estimate of drug-likeness (QED) is 0.707. The zero-order valence-corrected chi connectivity index (χ0v) is 16.3. The summed E-state index contributed by atoms with van der Waals surface area (Å²) in [5, 5.41) is 2.71. The second-order valence-corrected chi connectivity index (χ2v) is 9.71. The Hall–Kier alpha value is -0.910. The second-order valence-electron chi connectivity index (χ2n) is 7.44. The number of nitrogens with one attached hydrogen (secondary N) is 1. The summed E-state index contributed by atoms with van der Waals surface area (Å²) >= 11 is 0. The fraction of sp³-hybridized carbons (Fsp3) is 0.867. The van der Waals surface area contributed by atoms with Crippen LogP contribution in [0.3, 0.4) is 0 Å². The van der Waals surface area contributed by atoms with Gasteiger partial charge in [-0.3, -0.25) is 9.36 Å². The minimum absolute atomic E-state index is 0.0133. The van der Waals surface area contributed by atoms with E-state index in [0.717, 1.165) is 0 Å². The van der Waals surface area contributed by atoms with Gasteiger partial charge >= 0.3 is 13.7 Å². The number of rotatable bonds is 7. The van der Waals surface area contributed by atoms with Crippen molar-refractivity contribution in [2.45, 2.75) is 59.6 Å². The van der Waals surface area contributed by atoms with Crippen LogP contribution in [0.4, 0.5) is 4.79 Å². The van der Waals surface area contributed by atoms with Gasteiger partial charge in [-0.25, -0.2) is 4.79 Å². The molecule has 1 N–H and O–H groups in total. The summed E-state index contributed by atoms with van der Waals surface area (Å²) in [6, 6.07) is -0.466. The molecule has 0 spiro atoms. The molecule has 0 aliphatic rings. The third-order valence-electron chi connectivity index (χ3n) is 3.09. The van der Waals surface area contributed by atoms with E-state index in [1.807, 2.05) is 20.8 Å². The SMILES string of the molecule is COP(=O)(CC(=O)C[C@@H](NC(=O)OC(C)(C)C)C(C)(C)C)OC. The van der Waals surface area contributed by atoms with Gasteiger partial charge in [0, 0.05) is 26.7 Å². The van der Waals surface area contributed by atoms with Crippen LogP contribution in [0, 0.1) is 5.41 Å². The zero-order chi connectivity index (χ0) is 18.5. The first-order valence-electron chi connectivity index (χ1n) is 7.44. The van der Waals surface area contributed by atoms with Crippen LogP contribution < -0.4 is 5.32 Å². The predicted octanol–water partition coefficient (Wildman–Crippen LogP) is 3.37. The van der Waals surface area contributed by atoms with Crippen molar-refractivity contribution in [2.24, 2.45) is 5.41 Å². The number of alkyl carbamates (subject to hydrolysis) is 1. The van der Waals surface area contributed by atoms with Crippen molar-refractivity contribution in [3.63, 3.8) is 0 Å². The monoisotopic (exact) mass is 351 g/mol. The van der Waals surface area contributed by atoms with E-state index in [1.165, 1.54) is 14.2 Å². The third kappa shape index (κ3) is 9.08. The summed E-state index contributed by atoms with van der Waals surface area (Å²) in [4.78, 5) is 24.1. The van der Waals surface area contributed by atoms with Gasteiger partial charge in [-0.15, -0.1) is 0 Å². The molecule has 0 aromatic carbocycles. The smallest absolute Gasteiger partial charge is 0.407 e. The average Bonchev–Trinajstić information content (AvgIpc) is 2.34. The normalized spacial score (nSPS) is 14.3. The van der Waals surface area contributed by atoms with Gasteiger partial charge in [-0.2, -0.15) is 0 Å². The lowest BCUT2D eigenvalue weighted by Crippen LogP contribution is -2.47. The van der Waals surface area contributed by atoms with E-state index in [4.69, 9.17) is 13.8 Å². The number of ketones is 1. The molecule has 0 saturated heterocycles. The molecule has 23 heavy (non-hydrogen) atoms. The van der Waals surface area contributed by atoms with Crippen LogP contribution in [0.1, 0.15) is 48.0 Å². The largest absolute Gasteiger partial charge is 0.444 e. The number of hydrogen-bond acceptors (Lipinski definition) is 6. The molecule has 0 bridgehead atoms. The van der Waals surface area contributed by atoms with E-state index in [0.29, 0.717) is 0 Å². The van der Waals surface area contributed by atoms with Crippen molar-refractivity contribution in [2.75, 3.05) is 20.4 Å². The second kappa shape index (κ2) is 8.27. The molecule has 0 saturated carbocycles. The fourth-order valence-electron chi connectivity index (χ4n) is 1.74. The Kier molecular flexibility index (Phi) is 7.94. The number of ether oxygens (including phenoxy) is 1. The lowest BCUT2D eigenvalue weighted by molar-refractivity contribution is -0.117. The van der Waals surface area contributed by atoms with Crippen molar-refractivity contribution in [3.05, 3.63) is 0 Å². The number of Topliss-reactive ketones (excluding diaryl/α,β-unsaturated/α-hetero) is 1. The standard InChI is InChI=1S/C15H30NO6P/c1-14(2,3)12(16-13(18)22-15(4,5)6)9-11(17)10-23(19,20-7)21-8/h12H,9-10H2,1-8H3,(H,16,18)/t12-/m1/s1. The zero-order valence-electron chi connectivity index (χ0n) is 15.4. The maximum Gasteiger partial charge on any atom is 0.407 e. The maximum absolute atomic E-state index is 12.2. The minimum Gasteiger partial charge on any atom is -0.444 e. The van der Waals surface area contributed by atoms with Crippen LogP contribution in [0.25, 0.3) is 0 Å². The Labute approximate surface area is 139 Å². The summed E-state index contributed by atoms with van der Waals surface area (Å²) in [6.07, 6.45) is -0.908. The molecular weight excluding hydrogens is 321 g/mol. The van der Waals surface area contributed by atoms with Crippen molar-refractivity contribution < 1.29 is 27.9 Å². The molecule has 7 nitrogen and oxygen atoms in total. The molecule has 0 aliphatic heterocycles. The first kappa shape index (κ1) is 22.1. The highest BCUT2D eigenvalue weighted by atomic mass is 31.2. The number of carbonyl (C=O) groups excluding carboxylic acids is 2. The highest BCUT2D eigenvalue weighted by molar-refractivity contribution is 7.54. The van der Waals surface area contributed by atoms with E-state index in [2.05, 4.69) is 5.32 Å². The molecule has 0 aliphatic carbocycles. The maximum atomic E-state index is 12.2. The van der Waals surface area contributed by atoms with Crippen molar-refractivity contribution in [1.29, 1.82) is 0 Å². The summed E-state index contributed by atoms with van der Waals surface area (Å²) in [5.74, 6) is -0.312. The van der Waals surface area contributed by atoms with Crippen LogP contribution in [0.5, 0.6) is 0 Å². The van der Waals surface area contributed by atoms with Crippen molar-refractivity contribution in [3.8, 4) is 0 Å². The Morgan fingerprint density at radius 3 is 1.87 bits per heavy atom. The van der Waals surface area contributed by atoms with Crippen LogP contribution >= 0.6 is 7.60 Å². The third-order valence-corrected chi connectivity index (χ3v) is 4.95. The van der Waals surface area contributed by atoms with Crippen molar-refractivity contribution >= 4 is 19.5 Å². The predicted molar refractivity (Wildman–Crippen MR) is 88.7 cm³/mol. The van der Waals surface area contributed by atoms with E-state index >= 15 is 0 Å².